The number of nitrogens with one attached hydrogen (secondary N) is 1. The summed E-state index contributed by atoms with van der Waals surface area (Å²) in [4.78, 5) is 29.0. The monoisotopic (exact) mass is 377 g/mol. The van der Waals surface area contributed by atoms with E-state index in [4.69, 9.17) is 9.72 Å². The lowest BCUT2D eigenvalue weighted by atomic mass is 10.1. The van der Waals surface area contributed by atoms with Crippen LogP contribution in [0.2, 0.25) is 0 Å². The van der Waals surface area contributed by atoms with Gasteiger partial charge in [-0.25, -0.2) is 9.97 Å². The molecule has 0 bridgehead atoms. The summed E-state index contributed by atoms with van der Waals surface area (Å²) >= 11 is 0. The SMILES string of the molecule is O=c1[nH]cnc2cc(-c3ccc(N4CCOCC4)cc3)nc(N3CCCC3)c12. The highest BCUT2D eigenvalue weighted by atomic mass is 16.5. The number of morpholine rings is 1. The van der Waals surface area contributed by atoms with Crippen LogP contribution in [0.25, 0.3) is 22.2 Å². The number of aromatic nitrogens is 3. The minimum atomic E-state index is -0.131. The molecule has 4 heterocycles. The molecular formula is C21H23N5O2. The van der Waals surface area contributed by atoms with Crippen molar-refractivity contribution in [1.29, 1.82) is 0 Å². The van der Waals surface area contributed by atoms with Crippen molar-refractivity contribution in [2.75, 3.05) is 49.2 Å². The Morgan fingerprint density at radius 2 is 1.71 bits per heavy atom. The van der Waals surface area contributed by atoms with Crippen LogP contribution in [0.1, 0.15) is 12.8 Å². The number of nitrogens with zero attached hydrogens (tertiary/aromatic N) is 4. The number of rotatable bonds is 3. The molecule has 7 heteroatoms. The van der Waals surface area contributed by atoms with Gasteiger partial charge in [0.1, 0.15) is 11.2 Å². The molecule has 2 aromatic heterocycles. The van der Waals surface area contributed by atoms with Gasteiger partial charge in [0.05, 0.1) is 30.8 Å². The maximum absolute atomic E-state index is 12.4. The Balaban J connectivity index is 1.56. The van der Waals surface area contributed by atoms with E-state index in [0.29, 0.717) is 10.9 Å². The van der Waals surface area contributed by atoms with Crippen LogP contribution in [0.4, 0.5) is 11.5 Å². The summed E-state index contributed by atoms with van der Waals surface area (Å²) in [7, 11) is 0. The summed E-state index contributed by atoms with van der Waals surface area (Å²) in [6.07, 6.45) is 3.71. The minimum Gasteiger partial charge on any atom is -0.378 e. The Morgan fingerprint density at radius 3 is 2.46 bits per heavy atom. The van der Waals surface area contributed by atoms with Gasteiger partial charge in [0.15, 0.2) is 0 Å². The number of H-pyrrole nitrogens is 1. The van der Waals surface area contributed by atoms with Crippen LogP contribution in [0, 0.1) is 0 Å². The summed E-state index contributed by atoms with van der Waals surface area (Å²) in [6, 6.07) is 10.4. The fourth-order valence-electron chi connectivity index (χ4n) is 4.04. The van der Waals surface area contributed by atoms with Crippen molar-refractivity contribution >= 4 is 22.4 Å². The highest BCUT2D eigenvalue weighted by Crippen LogP contribution is 2.30. The standard InChI is InChI=1S/C21H23N5O2/c27-21-19-18(22-14-23-21)13-17(24-20(19)26-7-1-2-8-26)15-3-5-16(6-4-15)25-9-11-28-12-10-25/h3-6,13-14H,1-2,7-12H2,(H,22,23,27). The van der Waals surface area contributed by atoms with Gasteiger partial charge < -0.3 is 19.5 Å². The van der Waals surface area contributed by atoms with E-state index in [1.807, 2.05) is 6.07 Å². The van der Waals surface area contributed by atoms with E-state index >= 15 is 0 Å². The smallest absolute Gasteiger partial charge is 0.262 e. The summed E-state index contributed by atoms with van der Waals surface area (Å²) < 4.78 is 5.44. The Labute approximate surface area is 163 Å². The highest BCUT2D eigenvalue weighted by molar-refractivity contribution is 5.91. The van der Waals surface area contributed by atoms with Crippen molar-refractivity contribution in [2.24, 2.45) is 0 Å². The fourth-order valence-corrected chi connectivity index (χ4v) is 4.04. The lowest BCUT2D eigenvalue weighted by Crippen LogP contribution is -2.36. The van der Waals surface area contributed by atoms with E-state index in [2.05, 4.69) is 44.0 Å². The zero-order chi connectivity index (χ0) is 18.9. The molecule has 144 valence electrons. The van der Waals surface area contributed by atoms with E-state index in [1.165, 1.54) is 12.0 Å². The second-order valence-electron chi connectivity index (χ2n) is 7.30. The largest absolute Gasteiger partial charge is 0.378 e. The van der Waals surface area contributed by atoms with Crippen molar-refractivity contribution in [3.63, 3.8) is 0 Å². The maximum Gasteiger partial charge on any atom is 0.262 e. The first kappa shape index (κ1) is 17.2. The van der Waals surface area contributed by atoms with Crippen LogP contribution in [0.5, 0.6) is 0 Å². The average Bonchev–Trinajstić information content (AvgIpc) is 3.29. The molecular weight excluding hydrogens is 354 g/mol. The molecule has 7 nitrogen and oxygen atoms in total. The van der Waals surface area contributed by atoms with Gasteiger partial charge in [0.25, 0.3) is 5.56 Å². The molecule has 0 unspecified atom stereocenters. The molecule has 2 aliphatic heterocycles. The molecule has 1 aromatic carbocycles. The van der Waals surface area contributed by atoms with Crippen LogP contribution in [0.15, 0.2) is 41.5 Å². The molecule has 3 aromatic rings. The maximum atomic E-state index is 12.4. The number of ether oxygens (including phenoxy) is 1. The molecule has 28 heavy (non-hydrogen) atoms. The molecule has 2 aliphatic rings. The van der Waals surface area contributed by atoms with Crippen LogP contribution in [0.3, 0.4) is 0 Å². The van der Waals surface area contributed by atoms with Crippen molar-refractivity contribution in [3.8, 4) is 11.3 Å². The van der Waals surface area contributed by atoms with E-state index in [9.17, 15) is 4.79 Å². The molecule has 5 rings (SSSR count). The van der Waals surface area contributed by atoms with Crippen molar-refractivity contribution in [3.05, 3.63) is 47.0 Å². The molecule has 0 radical (unpaired) electrons. The van der Waals surface area contributed by atoms with Gasteiger partial charge in [-0.3, -0.25) is 4.79 Å². The number of hydrogen-bond donors (Lipinski definition) is 1. The molecule has 0 amide bonds. The quantitative estimate of drug-likeness (QED) is 0.756. The summed E-state index contributed by atoms with van der Waals surface area (Å²) in [6.45, 7) is 5.23. The highest BCUT2D eigenvalue weighted by Gasteiger charge is 2.20. The second-order valence-corrected chi connectivity index (χ2v) is 7.30. The molecule has 0 atom stereocenters. The van der Waals surface area contributed by atoms with Crippen molar-refractivity contribution in [1.82, 2.24) is 15.0 Å². The zero-order valence-electron chi connectivity index (χ0n) is 15.7. The molecule has 1 N–H and O–H groups in total. The normalized spacial score (nSPS) is 17.4. The van der Waals surface area contributed by atoms with Crippen molar-refractivity contribution in [2.45, 2.75) is 12.8 Å². The van der Waals surface area contributed by atoms with Crippen LogP contribution in [-0.4, -0.2) is 54.3 Å². The van der Waals surface area contributed by atoms with Crippen LogP contribution >= 0.6 is 0 Å². The Bertz CT molecular complexity index is 1030. The van der Waals surface area contributed by atoms with Gasteiger partial charge in [0.2, 0.25) is 0 Å². The summed E-state index contributed by atoms with van der Waals surface area (Å²) in [5, 5.41) is 0.582. The van der Waals surface area contributed by atoms with Gasteiger partial charge in [-0.05, 0) is 31.0 Å². The van der Waals surface area contributed by atoms with E-state index in [-0.39, 0.29) is 5.56 Å². The third kappa shape index (κ3) is 3.11. The lowest BCUT2D eigenvalue weighted by molar-refractivity contribution is 0.122. The molecule has 2 saturated heterocycles. The summed E-state index contributed by atoms with van der Waals surface area (Å²) in [5.41, 5.74) is 3.63. The van der Waals surface area contributed by atoms with Gasteiger partial charge >= 0.3 is 0 Å². The van der Waals surface area contributed by atoms with E-state index in [0.717, 1.165) is 69.3 Å². The Morgan fingerprint density at radius 1 is 0.964 bits per heavy atom. The second kappa shape index (κ2) is 7.24. The van der Waals surface area contributed by atoms with E-state index in [1.54, 1.807) is 0 Å². The molecule has 0 saturated carbocycles. The first-order valence-corrected chi connectivity index (χ1v) is 9.86. The third-order valence-corrected chi connectivity index (χ3v) is 5.55. The number of pyridine rings is 1. The first-order chi connectivity index (χ1) is 13.8. The average molecular weight is 377 g/mol. The molecule has 0 spiro atoms. The molecule has 0 aliphatic carbocycles. The van der Waals surface area contributed by atoms with Gasteiger partial charge in [0, 0.05) is 37.4 Å². The number of aromatic amines is 1. The number of hydrogen-bond acceptors (Lipinski definition) is 6. The zero-order valence-corrected chi connectivity index (χ0v) is 15.7. The minimum absolute atomic E-state index is 0.131. The Kier molecular flexibility index (Phi) is 4.44. The predicted molar refractivity (Wildman–Crippen MR) is 110 cm³/mol. The number of fused-ring (bicyclic) bond motifs is 1. The van der Waals surface area contributed by atoms with Crippen LogP contribution < -0.4 is 15.4 Å². The number of anilines is 2. The topological polar surface area (TPSA) is 74.3 Å². The van der Waals surface area contributed by atoms with Gasteiger partial charge in [-0.1, -0.05) is 12.1 Å². The summed E-state index contributed by atoms with van der Waals surface area (Å²) in [5.74, 6) is 0.747. The van der Waals surface area contributed by atoms with Gasteiger partial charge in [-0.15, -0.1) is 0 Å². The Hall–Kier alpha value is -2.93. The lowest BCUT2D eigenvalue weighted by Gasteiger charge is -2.28. The third-order valence-electron chi connectivity index (χ3n) is 5.55. The number of benzene rings is 1. The fraction of sp³-hybridized carbons (Fsp3) is 0.381. The van der Waals surface area contributed by atoms with E-state index < -0.39 is 0 Å². The first-order valence-electron chi connectivity index (χ1n) is 9.86. The van der Waals surface area contributed by atoms with Gasteiger partial charge in [-0.2, -0.15) is 0 Å². The van der Waals surface area contributed by atoms with Crippen molar-refractivity contribution < 1.29 is 4.74 Å². The van der Waals surface area contributed by atoms with Crippen LogP contribution in [-0.2, 0) is 4.74 Å². The predicted octanol–water partition coefficient (Wildman–Crippen LogP) is 2.42. The molecule has 2 fully saturated rings.